The molecule has 88 valence electrons. The molecule has 0 spiro atoms. The smallest absolute Gasteiger partial charge is 0.332 e. The third-order valence-corrected chi connectivity index (χ3v) is 2.31. The molecule has 0 aromatic rings. The minimum absolute atomic E-state index is 0.354. The molecule has 4 nitrogen and oxygen atoms in total. The summed E-state index contributed by atoms with van der Waals surface area (Å²) in [6, 6.07) is 0. The highest BCUT2D eigenvalue weighted by Gasteiger charge is 2.13. The van der Waals surface area contributed by atoms with Gasteiger partial charge in [0, 0.05) is 6.92 Å². The largest absolute Gasteiger partial charge is 0.341 e. The minimum Gasteiger partial charge on any atom is -0.341 e. The molecule has 0 fully saturated rings. The molecule has 0 radical (unpaired) electrons. The summed E-state index contributed by atoms with van der Waals surface area (Å²) >= 11 is 0. The highest BCUT2D eigenvalue weighted by Crippen LogP contribution is 2.16. The molecule has 1 unspecified atom stereocenters. The Labute approximate surface area is 91.3 Å². The second-order valence-corrected chi connectivity index (χ2v) is 3.75. The maximum atomic E-state index is 11.2. The maximum Gasteiger partial charge on any atom is 0.332 e. The molecule has 0 aliphatic rings. The van der Waals surface area contributed by atoms with E-state index in [2.05, 4.69) is 18.7 Å². The average Bonchev–Trinajstić information content (AvgIpc) is 2.21. The average molecular weight is 215 g/mol. The molecule has 0 saturated heterocycles. The highest BCUT2D eigenvalue weighted by molar-refractivity contribution is 5.75. The van der Waals surface area contributed by atoms with Crippen molar-refractivity contribution in [2.75, 3.05) is 0 Å². The Balaban J connectivity index is 3.74. The lowest BCUT2D eigenvalue weighted by atomic mass is 9.96. The van der Waals surface area contributed by atoms with Gasteiger partial charge in [0.05, 0.1) is 6.42 Å². The van der Waals surface area contributed by atoms with Gasteiger partial charge in [-0.2, -0.15) is 5.48 Å². The molecule has 0 aliphatic carbocycles. The maximum absolute atomic E-state index is 11.2. The van der Waals surface area contributed by atoms with E-state index >= 15 is 0 Å². The van der Waals surface area contributed by atoms with Crippen LogP contribution in [0, 0.1) is 5.92 Å². The number of carbonyl (C=O) groups excluding carboxylic acids is 2. The first-order valence-electron chi connectivity index (χ1n) is 5.56. The van der Waals surface area contributed by atoms with E-state index in [-0.39, 0.29) is 11.9 Å². The van der Waals surface area contributed by atoms with Gasteiger partial charge < -0.3 is 4.84 Å². The minimum atomic E-state index is -0.357. The van der Waals surface area contributed by atoms with Gasteiger partial charge in [0.25, 0.3) is 0 Å². The van der Waals surface area contributed by atoms with Gasteiger partial charge in [-0.15, -0.1) is 0 Å². The lowest BCUT2D eigenvalue weighted by Crippen LogP contribution is -2.25. The van der Waals surface area contributed by atoms with Crippen LogP contribution in [0.3, 0.4) is 0 Å². The molecule has 0 heterocycles. The van der Waals surface area contributed by atoms with Crippen LogP contribution < -0.4 is 5.48 Å². The van der Waals surface area contributed by atoms with Gasteiger partial charge in [0.1, 0.15) is 0 Å². The van der Waals surface area contributed by atoms with Gasteiger partial charge in [-0.3, -0.25) is 4.79 Å². The van der Waals surface area contributed by atoms with Crippen molar-refractivity contribution < 1.29 is 14.4 Å². The van der Waals surface area contributed by atoms with Crippen LogP contribution in [-0.2, 0) is 14.4 Å². The number of unbranched alkanes of at least 4 members (excludes halogenated alkanes) is 1. The molecule has 1 atom stereocenters. The van der Waals surface area contributed by atoms with Crippen molar-refractivity contribution >= 4 is 11.9 Å². The molecule has 0 aromatic carbocycles. The van der Waals surface area contributed by atoms with Crippen LogP contribution in [0.4, 0.5) is 0 Å². The summed E-state index contributed by atoms with van der Waals surface area (Å²) in [5.74, 6) is -0.343. The summed E-state index contributed by atoms with van der Waals surface area (Å²) in [4.78, 5) is 26.3. The first-order chi connectivity index (χ1) is 7.10. The Morgan fingerprint density at radius 3 is 2.47 bits per heavy atom. The summed E-state index contributed by atoms with van der Waals surface area (Å²) in [5, 5.41) is 0. The quantitative estimate of drug-likeness (QED) is 0.691. The number of hydrogen-bond acceptors (Lipinski definition) is 3. The van der Waals surface area contributed by atoms with Crippen LogP contribution in [0.5, 0.6) is 0 Å². The molecule has 0 saturated carbocycles. The Bertz CT molecular complexity index is 204. The second kappa shape index (κ2) is 8.26. The molecular formula is C11H21NO3. The zero-order valence-electron chi connectivity index (χ0n) is 9.84. The molecule has 1 amide bonds. The first kappa shape index (κ1) is 13.9. The third-order valence-electron chi connectivity index (χ3n) is 2.31. The van der Waals surface area contributed by atoms with Crippen LogP contribution in [-0.4, -0.2) is 11.9 Å². The molecule has 15 heavy (non-hydrogen) atoms. The molecule has 0 bridgehead atoms. The van der Waals surface area contributed by atoms with Crippen molar-refractivity contribution in [3.8, 4) is 0 Å². The summed E-state index contributed by atoms with van der Waals surface area (Å²) in [7, 11) is 0. The lowest BCUT2D eigenvalue weighted by molar-refractivity contribution is -0.158. The summed E-state index contributed by atoms with van der Waals surface area (Å²) in [6.07, 6.45) is 4.66. The fourth-order valence-corrected chi connectivity index (χ4v) is 1.35. The van der Waals surface area contributed by atoms with Crippen molar-refractivity contribution in [3.05, 3.63) is 0 Å². The van der Waals surface area contributed by atoms with Crippen LogP contribution in [0.25, 0.3) is 0 Å². The molecule has 0 aliphatic heterocycles. The molecule has 4 heteroatoms. The zero-order chi connectivity index (χ0) is 11.7. The number of nitrogens with one attached hydrogen (secondary N) is 1. The van der Waals surface area contributed by atoms with Crippen molar-refractivity contribution in [2.45, 2.75) is 52.9 Å². The summed E-state index contributed by atoms with van der Waals surface area (Å²) < 4.78 is 0. The topological polar surface area (TPSA) is 55.4 Å². The Morgan fingerprint density at radius 1 is 1.33 bits per heavy atom. The Kier molecular flexibility index (Phi) is 7.68. The fourth-order valence-electron chi connectivity index (χ4n) is 1.35. The highest BCUT2D eigenvalue weighted by atomic mass is 16.7. The van der Waals surface area contributed by atoms with Gasteiger partial charge in [-0.05, 0) is 12.3 Å². The lowest BCUT2D eigenvalue weighted by Gasteiger charge is -2.12. The molecule has 1 N–H and O–H groups in total. The summed E-state index contributed by atoms with van der Waals surface area (Å²) in [5.41, 5.74) is 2.04. The third kappa shape index (κ3) is 7.97. The van der Waals surface area contributed by atoms with Crippen molar-refractivity contribution in [1.29, 1.82) is 0 Å². The van der Waals surface area contributed by atoms with Crippen molar-refractivity contribution in [3.63, 3.8) is 0 Å². The van der Waals surface area contributed by atoms with Crippen LogP contribution >= 0.6 is 0 Å². The van der Waals surface area contributed by atoms with E-state index in [1.807, 2.05) is 5.48 Å². The zero-order valence-corrected chi connectivity index (χ0v) is 9.84. The molecular weight excluding hydrogens is 194 g/mol. The van der Waals surface area contributed by atoms with E-state index in [4.69, 9.17) is 0 Å². The van der Waals surface area contributed by atoms with E-state index in [1.165, 1.54) is 6.92 Å². The Hall–Kier alpha value is -1.06. The van der Waals surface area contributed by atoms with E-state index in [0.717, 1.165) is 25.7 Å². The molecule has 0 rings (SSSR count). The van der Waals surface area contributed by atoms with Gasteiger partial charge in [-0.1, -0.05) is 33.1 Å². The number of hydroxylamine groups is 1. The number of amides is 1. The predicted octanol–water partition coefficient (Wildman–Crippen LogP) is 2.19. The number of carbonyl (C=O) groups is 2. The number of rotatable bonds is 6. The first-order valence-corrected chi connectivity index (χ1v) is 5.56. The van der Waals surface area contributed by atoms with E-state index in [0.29, 0.717) is 12.3 Å². The fraction of sp³-hybridized carbons (Fsp3) is 0.818. The van der Waals surface area contributed by atoms with Crippen LogP contribution in [0.15, 0.2) is 0 Å². The predicted molar refractivity (Wildman–Crippen MR) is 57.8 cm³/mol. The van der Waals surface area contributed by atoms with Crippen LogP contribution in [0.1, 0.15) is 52.9 Å². The van der Waals surface area contributed by atoms with Gasteiger partial charge in [0.15, 0.2) is 0 Å². The van der Waals surface area contributed by atoms with Gasteiger partial charge in [-0.25, -0.2) is 4.79 Å². The van der Waals surface area contributed by atoms with Gasteiger partial charge >= 0.3 is 5.97 Å². The van der Waals surface area contributed by atoms with E-state index < -0.39 is 0 Å². The van der Waals surface area contributed by atoms with E-state index in [9.17, 15) is 9.59 Å². The van der Waals surface area contributed by atoms with Gasteiger partial charge in [0.2, 0.25) is 5.91 Å². The van der Waals surface area contributed by atoms with Crippen molar-refractivity contribution in [1.82, 2.24) is 5.48 Å². The van der Waals surface area contributed by atoms with Crippen LogP contribution in [0.2, 0.25) is 0 Å². The second-order valence-electron chi connectivity index (χ2n) is 3.75. The molecule has 0 aromatic heterocycles. The summed E-state index contributed by atoms with van der Waals surface area (Å²) in [6.45, 7) is 5.50. The standard InChI is InChI=1S/C11H21NO3/c1-4-6-7-10(5-2)8-11(14)15-12-9(3)13/h10H,4-8H2,1-3H3,(H,12,13). The normalized spacial score (nSPS) is 11.9. The van der Waals surface area contributed by atoms with Crippen molar-refractivity contribution in [2.24, 2.45) is 5.92 Å². The van der Waals surface area contributed by atoms with E-state index in [1.54, 1.807) is 0 Å². The Morgan fingerprint density at radius 2 is 2.00 bits per heavy atom. The SMILES string of the molecule is CCCCC(CC)CC(=O)ONC(C)=O. The number of hydrogen-bond donors (Lipinski definition) is 1. The monoisotopic (exact) mass is 215 g/mol.